The first-order valence-electron chi connectivity index (χ1n) is 5.68. The summed E-state index contributed by atoms with van der Waals surface area (Å²) in [6, 6.07) is 6.99. The minimum Gasteiger partial charge on any atom is -0.382 e. The first-order valence-corrected chi connectivity index (χ1v) is 6.47. The molecule has 1 aliphatic rings. The Morgan fingerprint density at radius 1 is 1.47 bits per heavy atom. The van der Waals surface area contributed by atoms with E-state index in [-0.39, 0.29) is 0 Å². The highest BCUT2D eigenvalue weighted by atomic mass is 79.9. The zero-order valence-corrected chi connectivity index (χ0v) is 11.0. The van der Waals surface area contributed by atoms with Crippen molar-refractivity contribution >= 4 is 21.6 Å². The molecule has 1 fully saturated rings. The average molecular weight is 268 g/mol. The van der Waals surface area contributed by atoms with Crippen molar-refractivity contribution in [2.75, 3.05) is 5.32 Å². The first-order chi connectivity index (χ1) is 7.15. The number of hydrogen-bond acceptors (Lipinski definition) is 1. The number of anilines is 1. The molecule has 1 atom stereocenters. The summed E-state index contributed by atoms with van der Waals surface area (Å²) in [5.74, 6) is 0.986. The Balaban J connectivity index is 1.98. The number of rotatable bonds is 4. The molecule has 1 saturated carbocycles. The van der Waals surface area contributed by atoms with Crippen LogP contribution in [0, 0.1) is 12.8 Å². The van der Waals surface area contributed by atoms with Gasteiger partial charge in [-0.2, -0.15) is 0 Å². The highest BCUT2D eigenvalue weighted by Gasteiger charge is 2.23. The van der Waals surface area contributed by atoms with Crippen LogP contribution in [-0.2, 0) is 0 Å². The van der Waals surface area contributed by atoms with Crippen LogP contribution in [-0.4, -0.2) is 6.04 Å². The largest absolute Gasteiger partial charge is 0.382 e. The SMILES string of the molecule is Cc1ccc(Br)cc1NC(C)CC1CC1. The third-order valence-electron chi connectivity index (χ3n) is 2.99. The van der Waals surface area contributed by atoms with Crippen molar-refractivity contribution in [1.82, 2.24) is 0 Å². The van der Waals surface area contributed by atoms with Crippen molar-refractivity contribution in [2.24, 2.45) is 5.92 Å². The first kappa shape index (κ1) is 11.0. The zero-order chi connectivity index (χ0) is 10.8. The molecule has 0 bridgehead atoms. The summed E-state index contributed by atoms with van der Waals surface area (Å²) in [7, 11) is 0. The molecule has 1 N–H and O–H groups in total. The minimum absolute atomic E-state index is 0.588. The van der Waals surface area contributed by atoms with Gasteiger partial charge in [0.05, 0.1) is 0 Å². The molecule has 2 heteroatoms. The van der Waals surface area contributed by atoms with Crippen molar-refractivity contribution in [3.8, 4) is 0 Å². The molecular weight excluding hydrogens is 250 g/mol. The summed E-state index contributed by atoms with van der Waals surface area (Å²) >= 11 is 3.51. The molecule has 0 aromatic heterocycles. The van der Waals surface area contributed by atoms with E-state index in [1.54, 1.807) is 0 Å². The molecule has 1 aromatic carbocycles. The summed E-state index contributed by atoms with van der Waals surface area (Å²) in [6.07, 6.45) is 4.18. The van der Waals surface area contributed by atoms with Gasteiger partial charge in [-0.05, 0) is 43.9 Å². The molecule has 0 heterocycles. The van der Waals surface area contributed by atoms with Gasteiger partial charge in [0.1, 0.15) is 0 Å². The zero-order valence-electron chi connectivity index (χ0n) is 9.39. The van der Waals surface area contributed by atoms with E-state index in [2.05, 4.69) is 53.3 Å². The van der Waals surface area contributed by atoms with E-state index in [1.807, 2.05) is 0 Å². The molecule has 0 amide bonds. The lowest BCUT2D eigenvalue weighted by Crippen LogP contribution is -2.16. The Kier molecular flexibility index (Phi) is 3.35. The Bertz CT molecular complexity index is 344. The van der Waals surface area contributed by atoms with Gasteiger partial charge >= 0.3 is 0 Å². The Hall–Kier alpha value is -0.500. The number of aryl methyl sites for hydroxylation is 1. The number of halogens is 1. The molecule has 0 spiro atoms. The van der Waals surface area contributed by atoms with E-state index >= 15 is 0 Å². The number of nitrogens with one attached hydrogen (secondary N) is 1. The highest BCUT2D eigenvalue weighted by Crippen LogP contribution is 2.34. The number of hydrogen-bond donors (Lipinski definition) is 1. The quantitative estimate of drug-likeness (QED) is 0.855. The van der Waals surface area contributed by atoms with Gasteiger partial charge in [-0.1, -0.05) is 34.8 Å². The fourth-order valence-electron chi connectivity index (χ4n) is 1.93. The van der Waals surface area contributed by atoms with Gasteiger partial charge in [0.15, 0.2) is 0 Å². The molecule has 0 aliphatic heterocycles. The highest BCUT2D eigenvalue weighted by molar-refractivity contribution is 9.10. The Morgan fingerprint density at radius 2 is 2.20 bits per heavy atom. The van der Waals surface area contributed by atoms with Crippen LogP contribution in [0.15, 0.2) is 22.7 Å². The average Bonchev–Trinajstić information content (AvgIpc) is 2.95. The smallest absolute Gasteiger partial charge is 0.0383 e. The Labute approximate surface area is 100 Å². The van der Waals surface area contributed by atoms with Crippen molar-refractivity contribution in [2.45, 2.75) is 39.2 Å². The van der Waals surface area contributed by atoms with Crippen LogP contribution in [0.4, 0.5) is 5.69 Å². The van der Waals surface area contributed by atoms with Crippen molar-refractivity contribution < 1.29 is 0 Å². The van der Waals surface area contributed by atoms with Gasteiger partial charge in [0, 0.05) is 16.2 Å². The molecule has 2 rings (SSSR count). The normalized spacial score (nSPS) is 17.5. The molecule has 1 aromatic rings. The second-order valence-electron chi connectivity index (χ2n) is 4.68. The summed E-state index contributed by atoms with van der Waals surface area (Å²) in [4.78, 5) is 0. The van der Waals surface area contributed by atoms with E-state index in [0.29, 0.717) is 6.04 Å². The second kappa shape index (κ2) is 4.56. The van der Waals surface area contributed by atoms with Crippen molar-refractivity contribution in [3.05, 3.63) is 28.2 Å². The topological polar surface area (TPSA) is 12.0 Å². The van der Waals surface area contributed by atoms with Crippen LogP contribution < -0.4 is 5.32 Å². The monoisotopic (exact) mass is 267 g/mol. The molecule has 1 aliphatic carbocycles. The lowest BCUT2D eigenvalue weighted by molar-refractivity contribution is 0.642. The summed E-state index contributed by atoms with van der Waals surface area (Å²) in [6.45, 7) is 4.43. The second-order valence-corrected chi connectivity index (χ2v) is 5.60. The fraction of sp³-hybridized carbons (Fsp3) is 0.538. The van der Waals surface area contributed by atoms with E-state index in [1.165, 1.54) is 30.5 Å². The van der Waals surface area contributed by atoms with Gasteiger partial charge in [0.25, 0.3) is 0 Å². The lowest BCUT2D eigenvalue weighted by Gasteiger charge is -2.17. The van der Waals surface area contributed by atoms with Crippen molar-refractivity contribution in [3.63, 3.8) is 0 Å². The van der Waals surface area contributed by atoms with E-state index in [4.69, 9.17) is 0 Å². The van der Waals surface area contributed by atoms with Gasteiger partial charge in [0.2, 0.25) is 0 Å². The lowest BCUT2D eigenvalue weighted by atomic mass is 10.1. The summed E-state index contributed by atoms with van der Waals surface area (Å²) in [5.41, 5.74) is 2.58. The Morgan fingerprint density at radius 3 is 2.87 bits per heavy atom. The minimum atomic E-state index is 0.588. The molecule has 0 radical (unpaired) electrons. The maximum absolute atomic E-state index is 3.59. The predicted octanol–water partition coefficient (Wildman–Crippen LogP) is 4.36. The van der Waals surface area contributed by atoms with Crippen LogP contribution in [0.1, 0.15) is 31.7 Å². The predicted molar refractivity (Wildman–Crippen MR) is 69.3 cm³/mol. The molecule has 0 saturated heterocycles. The molecule has 1 unspecified atom stereocenters. The van der Waals surface area contributed by atoms with Gasteiger partial charge in [-0.15, -0.1) is 0 Å². The van der Waals surface area contributed by atoms with E-state index < -0.39 is 0 Å². The van der Waals surface area contributed by atoms with E-state index in [0.717, 1.165) is 10.4 Å². The van der Waals surface area contributed by atoms with Gasteiger partial charge in [-0.3, -0.25) is 0 Å². The summed E-state index contributed by atoms with van der Waals surface area (Å²) in [5, 5.41) is 3.59. The third-order valence-corrected chi connectivity index (χ3v) is 3.48. The van der Waals surface area contributed by atoms with Crippen LogP contribution in [0.25, 0.3) is 0 Å². The summed E-state index contributed by atoms with van der Waals surface area (Å²) < 4.78 is 1.15. The van der Waals surface area contributed by atoms with Crippen LogP contribution in [0.3, 0.4) is 0 Å². The number of benzene rings is 1. The van der Waals surface area contributed by atoms with Crippen LogP contribution >= 0.6 is 15.9 Å². The molecular formula is C13H18BrN. The fourth-order valence-corrected chi connectivity index (χ4v) is 2.29. The molecule has 15 heavy (non-hydrogen) atoms. The standard InChI is InChI=1S/C13H18BrN/c1-9-3-6-12(14)8-13(9)15-10(2)7-11-4-5-11/h3,6,8,10-11,15H,4-5,7H2,1-2H3. The van der Waals surface area contributed by atoms with Crippen LogP contribution in [0.2, 0.25) is 0 Å². The molecule has 82 valence electrons. The third kappa shape index (κ3) is 3.23. The van der Waals surface area contributed by atoms with Gasteiger partial charge < -0.3 is 5.32 Å². The van der Waals surface area contributed by atoms with E-state index in [9.17, 15) is 0 Å². The van der Waals surface area contributed by atoms with Crippen molar-refractivity contribution in [1.29, 1.82) is 0 Å². The maximum atomic E-state index is 3.59. The molecule has 1 nitrogen and oxygen atoms in total. The van der Waals surface area contributed by atoms with Crippen LogP contribution in [0.5, 0.6) is 0 Å². The van der Waals surface area contributed by atoms with Gasteiger partial charge in [-0.25, -0.2) is 0 Å². The maximum Gasteiger partial charge on any atom is 0.0383 e.